The monoisotopic (exact) mass is 229 g/mol. The van der Waals surface area contributed by atoms with Crippen LogP contribution in [0, 0.1) is 0 Å². The molecule has 2 amide bonds. The third-order valence-corrected chi connectivity index (χ3v) is 2.56. The maximum Gasteiger partial charge on any atom is 0.240 e. The number of hydrogen-bond acceptors (Lipinski definition) is 4. The first-order chi connectivity index (χ1) is 7.02. The van der Waals surface area contributed by atoms with Crippen molar-refractivity contribution in [2.75, 3.05) is 13.1 Å². The Morgan fingerprint density at radius 1 is 1.53 bits per heavy atom. The SMILES string of the molecule is CCC(CC(N)=S)N1CC(=O)NC(=O)C1. The lowest BCUT2D eigenvalue weighted by Crippen LogP contribution is -2.55. The molecule has 6 heteroatoms. The normalized spacial score (nSPS) is 19.8. The first-order valence-electron chi connectivity index (χ1n) is 4.88. The predicted molar refractivity (Wildman–Crippen MR) is 60.2 cm³/mol. The Kier molecular flexibility index (Phi) is 4.16. The van der Waals surface area contributed by atoms with Gasteiger partial charge < -0.3 is 5.73 Å². The summed E-state index contributed by atoms with van der Waals surface area (Å²) in [4.78, 5) is 24.5. The van der Waals surface area contributed by atoms with Gasteiger partial charge in [-0.2, -0.15) is 0 Å². The Morgan fingerprint density at radius 3 is 2.47 bits per heavy atom. The smallest absolute Gasteiger partial charge is 0.240 e. The van der Waals surface area contributed by atoms with Crippen LogP contribution in [0.4, 0.5) is 0 Å². The van der Waals surface area contributed by atoms with Crippen molar-refractivity contribution < 1.29 is 9.59 Å². The van der Waals surface area contributed by atoms with Crippen molar-refractivity contribution >= 4 is 29.0 Å². The van der Waals surface area contributed by atoms with Gasteiger partial charge in [-0.25, -0.2) is 0 Å². The van der Waals surface area contributed by atoms with Crippen molar-refractivity contribution in [1.82, 2.24) is 10.2 Å². The Bertz CT molecular complexity index is 277. The lowest BCUT2D eigenvalue weighted by molar-refractivity contribution is -0.137. The highest BCUT2D eigenvalue weighted by Gasteiger charge is 2.27. The maximum absolute atomic E-state index is 11.2. The summed E-state index contributed by atoms with van der Waals surface area (Å²) in [6.45, 7) is 2.47. The van der Waals surface area contributed by atoms with Crippen LogP contribution in [0.5, 0.6) is 0 Å². The van der Waals surface area contributed by atoms with Crippen LogP contribution in [0.25, 0.3) is 0 Å². The molecule has 1 fully saturated rings. The van der Waals surface area contributed by atoms with Gasteiger partial charge in [-0.15, -0.1) is 0 Å². The van der Waals surface area contributed by atoms with E-state index in [9.17, 15) is 9.59 Å². The number of nitrogens with two attached hydrogens (primary N) is 1. The van der Waals surface area contributed by atoms with Gasteiger partial charge in [-0.1, -0.05) is 19.1 Å². The van der Waals surface area contributed by atoms with E-state index in [0.717, 1.165) is 6.42 Å². The van der Waals surface area contributed by atoms with Crippen molar-refractivity contribution in [3.8, 4) is 0 Å². The zero-order valence-electron chi connectivity index (χ0n) is 8.66. The molecule has 0 aromatic rings. The molecule has 5 nitrogen and oxygen atoms in total. The molecule has 1 aliphatic rings. The van der Waals surface area contributed by atoms with E-state index in [1.165, 1.54) is 0 Å². The molecule has 0 bridgehead atoms. The molecule has 0 spiro atoms. The number of hydrogen-bond donors (Lipinski definition) is 2. The standard InChI is InChI=1S/C9H15N3O2S/c1-2-6(3-7(10)15)12-4-8(13)11-9(14)5-12/h6H,2-5H2,1H3,(H2,10,15)(H,11,13,14). The van der Waals surface area contributed by atoms with Crippen LogP contribution in [0.1, 0.15) is 19.8 Å². The van der Waals surface area contributed by atoms with E-state index >= 15 is 0 Å². The summed E-state index contributed by atoms with van der Waals surface area (Å²) in [6.07, 6.45) is 1.37. The second kappa shape index (κ2) is 5.18. The average molecular weight is 229 g/mol. The molecule has 84 valence electrons. The Morgan fingerprint density at radius 2 is 2.07 bits per heavy atom. The Balaban J connectivity index is 2.62. The maximum atomic E-state index is 11.2. The van der Waals surface area contributed by atoms with E-state index in [1.807, 2.05) is 11.8 Å². The molecule has 1 aliphatic heterocycles. The fourth-order valence-electron chi connectivity index (χ4n) is 1.68. The minimum atomic E-state index is -0.257. The molecule has 1 heterocycles. The number of imide groups is 1. The molecule has 15 heavy (non-hydrogen) atoms. The number of thiocarbonyl (C=S) groups is 1. The van der Waals surface area contributed by atoms with Crippen LogP contribution in [0.3, 0.4) is 0 Å². The van der Waals surface area contributed by atoms with Gasteiger partial charge in [-0.05, 0) is 6.42 Å². The largest absolute Gasteiger partial charge is 0.393 e. The second-order valence-corrected chi connectivity index (χ2v) is 4.13. The van der Waals surface area contributed by atoms with Crippen LogP contribution in [-0.4, -0.2) is 40.8 Å². The van der Waals surface area contributed by atoms with E-state index in [-0.39, 0.29) is 30.9 Å². The topological polar surface area (TPSA) is 75.4 Å². The van der Waals surface area contributed by atoms with E-state index in [0.29, 0.717) is 11.4 Å². The van der Waals surface area contributed by atoms with Gasteiger partial charge in [0.05, 0.1) is 18.1 Å². The third kappa shape index (κ3) is 3.56. The van der Waals surface area contributed by atoms with E-state index < -0.39 is 0 Å². The molecule has 1 rings (SSSR count). The fraction of sp³-hybridized carbons (Fsp3) is 0.667. The molecule has 0 aromatic heterocycles. The molecule has 1 atom stereocenters. The van der Waals surface area contributed by atoms with Gasteiger partial charge in [0.2, 0.25) is 11.8 Å². The van der Waals surface area contributed by atoms with E-state index in [2.05, 4.69) is 5.32 Å². The van der Waals surface area contributed by atoms with Crippen molar-refractivity contribution in [3.05, 3.63) is 0 Å². The number of nitrogens with zero attached hydrogens (tertiary/aromatic N) is 1. The van der Waals surface area contributed by atoms with Gasteiger partial charge in [0.1, 0.15) is 0 Å². The Hall–Kier alpha value is -1.01. The van der Waals surface area contributed by atoms with E-state index in [1.54, 1.807) is 0 Å². The average Bonchev–Trinajstić information content (AvgIpc) is 2.12. The molecular weight excluding hydrogens is 214 g/mol. The molecule has 1 unspecified atom stereocenters. The fourth-order valence-corrected chi connectivity index (χ4v) is 1.87. The Labute approximate surface area is 94.0 Å². The van der Waals surface area contributed by atoms with Crippen LogP contribution in [0.2, 0.25) is 0 Å². The van der Waals surface area contributed by atoms with E-state index in [4.69, 9.17) is 18.0 Å². The van der Waals surface area contributed by atoms with Crippen LogP contribution in [0.15, 0.2) is 0 Å². The quantitative estimate of drug-likeness (QED) is 0.497. The van der Waals surface area contributed by atoms with Crippen molar-refractivity contribution in [2.24, 2.45) is 5.73 Å². The molecule has 0 radical (unpaired) electrons. The van der Waals surface area contributed by atoms with Gasteiger partial charge in [-0.3, -0.25) is 19.8 Å². The number of piperazine rings is 1. The van der Waals surface area contributed by atoms with Gasteiger partial charge in [0.15, 0.2) is 0 Å². The second-order valence-electron chi connectivity index (χ2n) is 3.61. The third-order valence-electron chi connectivity index (χ3n) is 2.40. The number of carbonyl (C=O) groups excluding carboxylic acids is 2. The minimum Gasteiger partial charge on any atom is -0.393 e. The van der Waals surface area contributed by atoms with Crippen LogP contribution in [-0.2, 0) is 9.59 Å². The molecular formula is C9H15N3O2S. The van der Waals surface area contributed by atoms with Crippen molar-refractivity contribution in [1.29, 1.82) is 0 Å². The number of carbonyl (C=O) groups is 2. The van der Waals surface area contributed by atoms with Gasteiger partial charge in [0, 0.05) is 12.5 Å². The first kappa shape index (κ1) is 12.1. The lowest BCUT2D eigenvalue weighted by Gasteiger charge is -2.32. The highest BCUT2D eigenvalue weighted by atomic mass is 32.1. The molecule has 1 saturated heterocycles. The highest BCUT2D eigenvalue weighted by molar-refractivity contribution is 7.80. The summed E-state index contributed by atoms with van der Waals surface area (Å²) in [5.74, 6) is -0.514. The lowest BCUT2D eigenvalue weighted by atomic mass is 10.1. The number of amides is 2. The van der Waals surface area contributed by atoms with Crippen LogP contribution < -0.4 is 11.1 Å². The number of rotatable bonds is 4. The molecule has 3 N–H and O–H groups in total. The summed E-state index contributed by atoms with van der Waals surface area (Å²) >= 11 is 4.83. The summed E-state index contributed by atoms with van der Waals surface area (Å²) in [5.41, 5.74) is 5.46. The first-order valence-corrected chi connectivity index (χ1v) is 5.28. The van der Waals surface area contributed by atoms with Gasteiger partial charge >= 0.3 is 0 Å². The predicted octanol–water partition coefficient (Wildman–Crippen LogP) is -0.600. The summed E-state index contributed by atoms with van der Waals surface area (Å²) < 4.78 is 0. The summed E-state index contributed by atoms with van der Waals surface area (Å²) in [6, 6.07) is 0.0810. The molecule has 0 aliphatic carbocycles. The molecule has 0 aromatic carbocycles. The molecule has 0 saturated carbocycles. The zero-order chi connectivity index (χ0) is 11.4. The summed E-state index contributed by atoms with van der Waals surface area (Å²) in [7, 11) is 0. The summed E-state index contributed by atoms with van der Waals surface area (Å²) in [5, 5.41) is 2.26. The van der Waals surface area contributed by atoms with Gasteiger partial charge in [0.25, 0.3) is 0 Å². The van der Waals surface area contributed by atoms with Crippen LogP contribution >= 0.6 is 12.2 Å². The zero-order valence-corrected chi connectivity index (χ0v) is 9.47. The minimum absolute atomic E-state index is 0.0810. The van der Waals surface area contributed by atoms with Crippen molar-refractivity contribution in [2.45, 2.75) is 25.8 Å². The van der Waals surface area contributed by atoms with Crippen molar-refractivity contribution in [3.63, 3.8) is 0 Å². The number of nitrogens with one attached hydrogen (secondary N) is 1. The highest BCUT2D eigenvalue weighted by Crippen LogP contribution is 2.10.